The van der Waals surface area contributed by atoms with E-state index >= 15 is 0 Å². The summed E-state index contributed by atoms with van der Waals surface area (Å²) >= 11 is 0. The Morgan fingerprint density at radius 3 is 2.92 bits per heavy atom. The quantitative estimate of drug-likeness (QED) is 0.708. The minimum atomic E-state index is 0.0724. The van der Waals surface area contributed by atoms with Gasteiger partial charge >= 0.3 is 0 Å². The van der Waals surface area contributed by atoms with E-state index in [0.717, 1.165) is 44.7 Å². The molecule has 0 bridgehead atoms. The summed E-state index contributed by atoms with van der Waals surface area (Å²) in [5.74, 6) is 0.0724. The highest BCUT2D eigenvalue weighted by molar-refractivity contribution is 5.78. The fraction of sp³-hybridized carbons (Fsp3) is 0.474. The lowest BCUT2D eigenvalue weighted by atomic mass is 10.2. The lowest BCUT2D eigenvalue weighted by Crippen LogP contribution is -2.42. The number of nitrogens with one attached hydrogen (secondary N) is 2. The average molecular weight is 341 g/mol. The molecule has 2 N–H and O–H groups in total. The normalized spacial score (nSPS) is 17.7. The summed E-state index contributed by atoms with van der Waals surface area (Å²) in [5, 5.41) is 10.5. The molecule has 0 unspecified atom stereocenters. The van der Waals surface area contributed by atoms with Crippen molar-refractivity contribution in [3.63, 3.8) is 0 Å². The van der Waals surface area contributed by atoms with Gasteiger partial charge in [0.05, 0.1) is 19.3 Å². The van der Waals surface area contributed by atoms with Gasteiger partial charge in [-0.05, 0) is 24.5 Å². The van der Waals surface area contributed by atoms with E-state index in [1.807, 2.05) is 30.1 Å². The van der Waals surface area contributed by atoms with E-state index in [2.05, 4.69) is 44.9 Å². The summed E-state index contributed by atoms with van der Waals surface area (Å²) in [6.45, 7) is 6.80. The predicted octanol–water partition coefficient (Wildman–Crippen LogP) is 1.17. The second kappa shape index (κ2) is 8.78. The van der Waals surface area contributed by atoms with Crippen LogP contribution in [0.2, 0.25) is 0 Å². The van der Waals surface area contributed by atoms with Gasteiger partial charge in [-0.25, -0.2) is 0 Å². The van der Waals surface area contributed by atoms with Crippen molar-refractivity contribution in [1.29, 1.82) is 0 Å². The van der Waals surface area contributed by atoms with Crippen LogP contribution in [0.1, 0.15) is 17.5 Å². The summed E-state index contributed by atoms with van der Waals surface area (Å²) in [6, 6.07) is 10.7. The number of hydrogen-bond acceptors (Lipinski definition) is 4. The van der Waals surface area contributed by atoms with Crippen LogP contribution in [0, 0.1) is 6.92 Å². The monoisotopic (exact) mass is 341 g/mol. The van der Waals surface area contributed by atoms with Crippen molar-refractivity contribution in [2.45, 2.75) is 32.5 Å². The molecule has 1 aliphatic heterocycles. The average Bonchev–Trinajstić information content (AvgIpc) is 3.21. The molecule has 134 valence electrons. The standard InChI is InChI=1S/C19H27N5O/c1-16-11-21-24(13-16)10-8-20-12-19(25)22-18-7-9-23(15-18)14-17-5-3-2-4-6-17/h2-6,11,13,18,20H,7-10,12,14-15H2,1H3,(H,22,25)/t18-/m1/s1. The van der Waals surface area contributed by atoms with Crippen molar-refractivity contribution in [3.05, 3.63) is 53.9 Å². The Morgan fingerprint density at radius 2 is 2.16 bits per heavy atom. The third kappa shape index (κ3) is 5.69. The Bertz CT molecular complexity index is 669. The first kappa shape index (κ1) is 17.6. The van der Waals surface area contributed by atoms with Gasteiger partial charge in [0.2, 0.25) is 5.91 Å². The highest BCUT2D eigenvalue weighted by Crippen LogP contribution is 2.13. The third-order valence-corrected chi connectivity index (χ3v) is 4.45. The molecular formula is C19H27N5O. The molecule has 1 aliphatic rings. The summed E-state index contributed by atoms with van der Waals surface area (Å²) in [6.07, 6.45) is 4.86. The van der Waals surface area contributed by atoms with Crippen LogP contribution in [0.4, 0.5) is 0 Å². The maximum Gasteiger partial charge on any atom is 0.234 e. The lowest BCUT2D eigenvalue weighted by Gasteiger charge is -2.17. The van der Waals surface area contributed by atoms with E-state index in [4.69, 9.17) is 0 Å². The van der Waals surface area contributed by atoms with Crippen LogP contribution in [0.3, 0.4) is 0 Å². The maximum atomic E-state index is 12.1. The van der Waals surface area contributed by atoms with Crippen molar-refractivity contribution in [2.75, 3.05) is 26.2 Å². The SMILES string of the molecule is Cc1cnn(CCNCC(=O)N[C@@H]2CCN(Cc3ccccc3)C2)c1. The number of hydrogen-bond donors (Lipinski definition) is 2. The fourth-order valence-corrected chi connectivity index (χ4v) is 3.20. The smallest absolute Gasteiger partial charge is 0.234 e. The molecule has 1 saturated heterocycles. The van der Waals surface area contributed by atoms with Gasteiger partial charge in [-0.3, -0.25) is 14.4 Å². The molecule has 1 fully saturated rings. The number of aromatic nitrogens is 2. The molecule has 0 spiro atoms. The number of benzene rings is 1. The molecule has 0 radical (unpaired) electrons. The van der Waals surface area contributed by atoms with Gasteiger partial charge in [0, 0.05) is 38.4 Å². The summed E-state index contributed by atoms with van der Waals surface area (Å²) in [4.78, 5) is 14.5. The Kier molecular flexibility index (Phi) is 6.19. The molecule has 25 heavy (non-hydrogen) atoms. The number of nitrogens with zero attached hydrogens (tertiary/aromatic N) is 3. The minimum Gasteiger partial charge on any atom is -0.351 e. The number of carbonyl (C=O) groups is 1. The number of amides is 1. The van der Waals surface area contributed by atoms with Crippen molar-refractivity contribution in [1.82, 2.24) is 25.3 Å². The fourth-order valence-electron chi connectivity index (χ4n) is 3.20. The van der Waals surface area contributed by atoms with Gasteiger partial charge in [0.1, 0.15) is 0 Å². The zero-order chi connectivity index (χ0) is 17.5. The number of carbonyl (C=O) groups excluding carboxylic acids is 1. The van der Waals surface area contributed by atoms with E-state index < -0.39 is 0 Å². The molecule has 1 aromatic carbocycles. The second-order valence-corrected chi connectivity index (χ2v) is 6.73. The van der Waals surface area contributed by atoms with Crippen molar-refractivity contribution in [3.8, 4) is 0 Å². The van der Waals surface area contributed by atoms with Crippen LogP contribution >= 0.6 is 0 Å². The summed E-state index contributed by atoms with van der Waals surface area (Å²) in [5.41, 5.74) is 2.48. The Hall–Kier alpha value is -2.18. The largest absolute Gasteiger partial charge is 0.351 e. The van der Waals surface area contributed by atoms with Crippen LogP contribution in [-0.2, 0) is 17.9 Å². The van der Waals surface area contributed by atoms with Crippen LogP contribution < -0.4 is 10.6 Å². The highest BCUT2D eigenvalue weighted by Gasteiger charge is 2.23. The number of rotatable bonds is 8. The molecule has 1 aromatic heterocycles. The Balaban J connectivity index is 1.30. The van der Waals surface area contributed by atoms with E-state index in [9.17, 15) is 4.79 Å². The van der Waals surface area contributed by atoms with Crippen LogP contribution in [0.25, 0.3) is 0 Å². The molecule has 2 heterocycles. The molecule has 3 rings (SSSR count). The zero-order valence-electron chi connectivity index (χ0n) is 14.8. The van der Waals surface area contributed by atoms with Crippen molar-refractivity contribution >= 4 is 5.91 Å². The molecule has 6 nitrogen and oxygen atoms in total. The minimum absolute atomic E-state index is 0.0724. The van der Waals surface area contributed by atoms with Gasteiger partial charge < -0.3 is 10.6 Å². The van der Waals surface area contributed by atoms with Crippen molar-refractivity contribution in [2.24, 2.45) is 0 Å². The number of aryl methyl sites for hydroxylation is 1. The summed E-state index contributed by atoms with van der Waals surface area (Å²) in [7, 11) is 0. The van der Waals surface area contributed by atoms with Gasteiger partial charge in [-0.1, -0.05) is 30.3 Å². The second-order valence-electron chi connectivity index (χ2n) is 6.73. The molecular weight excluding hydrogens is 314 g/mol. The van der Waals surface area contributed by atoms with E-state index in [0.29, 0.717) is 6.54 Å². The summed E-state index contributed by atoms with van der Waals surface area (Å²) < 4.78 is 1.89. The first-order valence-corrected chi connectivity index (χ1v) is 8.94. The van der Waals surface area contributed by atoms with Gasteiger partial charge in [-0.2, -0.15) is 5.10 Å². The zero-order valence-corrected chi connectivity index (χ0v) is 14.8. The molecule has 0 saturated carbocycles. The molecule has 1 amide bonds. The maximum absolute atomic E-state index is 12.1. The Labute approximate surface area is 149 Å². The van der Waals surface area contributed by atoms with Crippen LogP contribution in [0.5, 0.6) is 0 Å². The first-order chi connectivity index (χ1) is 12.2. The lowest BCUT2D eigenvalue weighted by molar-refractivity contribution is -0.120. The highest BCUT2D eigenvalue weighted by atomic mass is 16.2. The molecule has 0 aliphatic carbocycles. The Morgan fingerprint density at radius 1 is 1.32 bits per heavy atom. The van der Waals surface area contributed by atoms with E-state index in [1.165, 1.54) is 5.56 Å². The number of likely N-dealkylation sites (tertiary alicyclic amines) is 1. The van der Waals surface area contributed by atoms with Crippen LogP contribution in [-0.4, -0.2) is 52.8 Å². The van der Waals surface area contributed by atoms with E-state index in [1.54, 1.807) is 0 Å². The predicted molar refractivity (Wildman–Crippen MR) is 98.1 cm³/mol. The van der Waals surface area contributed by atoms with Crippen molar-refractivity contribution < 1.29 is 4.79 Å². The van der Waals surface area contributed by atoms with Gasteiger partial charge in [0.15, 0.2) is 0 Å². The molecule has 2 aromatic rings. The van der Waals surface area contributed by atoms with Gasteiger partial charge in [-0.15, -0.1) is 0 Å². The third-order valence-electron chi connectivity index (χ3n) is 4.45. The molecule has 1 atom stereocenters. The molecule has 6 heteroatoms. The first-order valence-electron chi connectivity index (χ1n) is 8.94. The van der Waals surface area contributed by atoms with Gasteiger partial charge in [0.25, 0.3) is 0 Å². The van der Waals surface area contributed by atoms with Crippen LogP contribution in [0.15, 0.2) is 42.7 Å². The van der Waals surface area contributed by atoms with E-state index in [-0.39, 0.29) is 11.9 Å². The topological polar surface area (TPSA) is 62.2 Å².